The maximum absolute atomic E-state index is 12.7. The summed E-state index contributed by atoms with van der Waals surface area (Å²) < 4.78 is 5.73. The van der Waals surface area contributed by atoms with Crippen LogP contribution in [-0.4, -0.2) is 65.4 Å². The van der Waals surface area contributed by atoms with Crippen LogP contribution in [0, 0.1) is 0 Å². The predicted octanol–water partition coefficient (Wildman–Crippen LogP) is 0.967. The van der Waals surface area contributed by atoms with E-state index in [0.29, 0.717) is 36.8 Å². The van der Waals surface area contributed by atoms with Crippen LogP contribution in [0.1, 0.15) is 30.6 Å². The second-order valence-electron chi connectivity index (χ2n) is 6.20. The van der Waals surface area contributed by atoms with Gasteiger partial charge in [-0.05, 0) is 19.4 Å². The fraction of sp³-hybridized carbons (Fsp3) is 0.562. The molecule has 0 aliphatic carbocycles. The quantitative estimate of drug-likeness (QED) is 0.879. The number of hydrogen-bond donors (Lipinski definition) is 1. The Hall–Kier alpha value is -2.31. The average molecular weight is 318 g/mol. The van der Waals surface area contributed by atoms with Crippen molar-refractivity contribution in [3.63, 3.8) is 0 Å². The molecule has 1 aromatic rings. The zero-order chi connectivity index (χ0) is 16.6. The molecular formula is C16H22N4O3. The standard InChI is InChI=1S/C16H22N4O3/c1-10-7-17-15-14(23-10)6-12(8-18-15)16(22)20-5-4-13(9-20)19(3)11(2)21/h6,8,10,13H,4-5,7,9H2,1-3H3,(H,17,18)/t10-,13+/m1/s1. The first-order chi connectivity index (χ1) is 11.0. The van der Waals surface area contributed by atoms with Gasteiger partial charge in [0.1, 0.15) is 6.10 Å². The molecule has 0 unspecified atom stereocenters. The fourth-order valence-corrected chi connectivity index (χ4v) is 2.97. The highest BCUT2D eigenvalue weighted by atomic mass is 16.5. The second-order valence-corrected chi connectivity index (χ2v) is 6.20. The zero-order valence-electron chi connectivity index (χ0n) is 13.7. The van der Waals surface area contributed by atoms with Crippen LogP contribution in [0.3, 0.4) is 0 Å². The highest BCUT2D eigenvalue weighted by Crippen LogP contribution is 2.28. The summed E-state index contributed by atoms with van der Waals surface area (Å²) in [6, 6.07) is 1.83. The summed E-state index contributed by atoms with van der Waals surface area (Å²) in [4.78, 5) is 31.9. The molecule has 0 aromatic carbocycles. The molecule has 0 radical (unpaired) electrons. The van der Waals surface area contributed by atoms with E-state index in [2.05, 4.69) is 10.3 Å². The SMILES string of the molecule is CC(=O)N(C)[C@H]1CCN(C(=O)c2cnc3c(c2)O[C@H](C)CN3)C1. The van der Waals surface area contributed by atoms with Gasteiger partial charge in [-0.3, -0.25) is 9.59 Å². The third-order valence-electron chi connectivity index (χ3n) is 4.48. The summed E-state index contributed by atoms with van der Waals surface area (Å²) in [5, 5.41) is 3.18. The van der Waals surface area contributed by atoms with Crippen molar-refractivity contribution < 1.29 is 14.3 Å². The lowest BCUT2D eigenvalue weighted by molar-refractivity contribution is -0.129. The molecule has 124 valence electrons. The molecule has 1 fully saturated rings. The first kappa shape index (κ1) is 15.6. The average Bonchev–Trinajstić information content (AvgIpc) is 3.02. The Morgan fingerprint density at radius 2 is 2.26 bits per heavy atom. The monoisotopic (exact) mass is 318 g/mol. The van der Waals surface area contributed by atoms with Crippen molar-refractivity contribution >= 4 is 17.6 Å². The number of amides is 2. The molecule has 3 rings (SSSR count). The van der Waals surface area contributed by atoms with Gasteiger partial charge in [0.05, 0.1) is 18.2 Å². The minimum absolute atomic E-state index is 0.0215. The molecule has 2 aliphatic rings. The normalized spacial score (nSPS) is 22.8. The minimum Gasteiger partial charge on any atom is -0.485 e. The van der Waals surface area contributed by atoms with E-state index in [9.17, 15) is 9.59 Å². The van der Waals surface area contributed by atoms with Crippen LogP contribution in [0.2, 0.25) is 0 Å². The number of nitrogens with zero attached hydrogens (tertiary/aromatic N) is 3. The van der Waals surface area contributed by atoms with Crippen LogP contribution in [0.5, 0.6) is 5.75 Å². The molecule has 23 heavy (non-hydrogen) atoms. The van der Waals surface area contributed by atoms with Crippen LogP contribution < -0.4 is 10.1 Å². The van der Waals surface area contributed by atoms with Crippen molar-refractivity contribution in [2.75, 3.05) is 32.0 Å². The van der Waals surface area contributed by atoms with Gasteiger partial charge in [0, 0.05) is 33.3 Å². The van der Waals surface area contributed by atoms with Crippen molar-refractivity contribution in [3.8, 4) is 5.75 Å². The molecule has 2 amide bonds. The predicted molar refractivity (Wildman–Crippen MR) is 85.6 cm³/mol. The van der Waals surface area contributed by atoms with Crippen LogP contribution in [-0.2, 0) is 4.79 Å². The van der Waals surface area contributed by atoms with Crippen molar-refractivity contribution in [1.82, 2.24) is 14.8 Å². The molecule has 0 saturated carbocycles. The van der Waals surface area contributed by atoms with Gasteiger partial charge >= 0.3 is 0 Å². The van der Waals surface area contributed by atoms with Gasteiger partial charge in [0.25, 0.3) is 5.91 Å². The van der Waals surface area contributed by atoms with E-state index in [4.69, 9.17) is 4.74 Å². The van der Waals surface area contributed by atoms with Gasteiger partial charge in [0.15, 0.2) is 11.6 Å². The molecule has 1 N–H and O–H groups in total. The second kappa shape index (κ2) is 6.06. The minimum atomic E-state index is -0.0680. The number of anilines is 1. The Morgan fingerprint density at radius 3 is 3.00 bits per heavy atom. The Labute approximate surface area is 135 Å². The fourth-order valence-electron chi connectivity index (χ4n) is 2.97. The largest absolute Gasteiger partial charge is 0.485 e. The van der Waals surface area contributed by atoms with E-state index < -0.39 is 0 Å². The molecule has 1 saturated heterocycles. The summed E-state index contributed by atoms with van der Waals surface area (Å²) in [6.07, 6.45) is 2.43. The molecule has 7 heteroatoms. The summed E-state index contributed by atoms with van der Waals surface area (Å²) in [5.41, 5.74) is 0.519. The number of fused-ring (bicyclic) bond motifs is 1. The lowest BCUT2D eigenvalue weighted by Gasteiger charge is -2.25. The number of aromatic nitrogens is 1. The van der Waals surface area contributed by atoms with Crippen molar-refractivity contribution in [1.29, 1.82) is 0 Å². The lowest BCUT2D eigenvalue weighted by atomic mass is 10.2. The van der Waals surface area contributed by atoms with E-state index in [1.807, 2.05) is 6.92 Å². The van der Waals surface area contributed by atoms with Crippen molar-refractivity contribution in [3.05, 3.63) is 17.8 Å². The third kappa shape index (κ3) is 3.09. The van der Waals surface area contributed by atoms with Crippen LogP contribution >= 0.6 is 0 Å². The number of rotatable bonds is 2. The van der Waals surface area contributed by atoms with E-state index in [1.54, 1.807) is 36.0 Å². The molecular weight excluding hydrogens is 296 g/mol. The van der Waals surface area contributed by atoms with Gasteiger partial charge in [-0.25, -0.2) is 4.98 Å². The Bertz CT molecular complexity index is 634. The molecule has 2 aliphatic heterocycles. The maximum Gasteiger partial charge on any atom is 0.255 e. The van der Waals surface area contributed by atoms with Gasteiger partial charge < -0.3 is 19.9 Å². The molecule has 7 nitrogen and oxygen atoms in total. The van der Waals surface area contributed by atoms with E-state index in [-0.39, 0.29) is 24.0 Å². The molecule has 0 spiro atoms. The van der Waals surface area contributed by atoms with Gasteiger partial charge in [0.2, 0.25) is 5.91 Å². The number of likely N-dealkylation sites (tertiary alicyclic amines) is 1. The number of carbonyl (C=O) groups excluding carboxylic acids is 2. The molecule has 3 heterocycles. The number of hydrogen-bond acceptors (Lipinski definition) is 5. The first-order valence-electron chi connectivity index (χ1n) is 7.89. The third-order valence-corrected chi connectivity index (χ3v) is 4.48. The summed E-state index contributed by atoms with van der Waals surface area (Å²) in [7, 11) is 1.78. The van der Waals surface area contributed by atoms with Crippen LogP contribution in [0.15, 0.2) is 12.3 Å². The molecule has 2 atom stereocenters. The van der Waals surface area contributed by atoms with E-state index in [1.165, 1.54) is 0 Å². The highest BCUT2D eigenvalue weighted by Gasteiger charge is 2.31. The summed E-state index contributed by atoms with van der Waals surface area (Å²) >= 11 is 0. The van der Waals surface area contributed by atoms with E-state index in [0.717, 1.165) is 6.42 Å². The van der Waals surface area contributed by atoms with Crippen LogP contribution in [0.4, 0.5) is 5.82 Å². The van der Waals surface area contributed by atoms with Crippen molar-refractivity contribution in [2.24, 2.45) is 0 Å². The number of nitrogens with one attached hydrogen (secondary N) is 1. The maximum atomic E-state index is 12.7. The summed E-state index contributed by atoms with van der Waals surface area (Å²) in [5.74, 6) is 1.25. The number of pyridine rings is 1. The van der Waals surface area contributed by atoms with E-state index >= 15 is 0 Å². The first-order valence-corrected chi connectivity index (χ1v) is 7.89. The van der Waals surface area contributed by atoms with Crippen molar-refractivity contribution in [2.45, 2.75) is 32.4 Å². The summed E-state index contributed by atoms with van der Waals surface area (Å²) in [6.45, 7) is 5.42. The number of carbonyl (C=O) groups is 2. The smallest absolute Gasteiger partial charge is 0.255 e. The number of ether oxygens (including phenoxy) is 1. The number of likely N-dealkylation sites (N-methyl/N-ethyl adjacent to an activating group) is 1. The lowest BCUT2D eigenvalue weighted by Crippen LogP contribution is -2.39. The van der Waals surface area contributed by atoms with Gasteiger partial charge in [-0.2, -0.15) is 0 Å². The van der Waals surface area contributed by atoms with Gasteiger partial charge in [-0.1, -0.05) is 0 Å². The Morgan fingerprint density at radius 1 is 1.48 bits per heavy atom. The van der Waals surface area contributed by atoms with Gasteiger partial charge in [-0.15, -0.1) is 0 Å². The Balaban J connectivity index is 1.72. The highest BCUT2D eigenvalue weighted by molar-refractivity contribution is 5.95. The molecule has 0 bridgehead atoms. The topological polar surface area (TPSA) is 74.8 Å². The zero-order valence-corrected chi connectivity index (χ0v) is 13.7. The molecule has 1 aromatic heterocycles. The Kier molecular flexibility index (Phi) is 4.11. The van der Waals surface area contributed by atoms with Crippen LogP contribution in [0.25, 0.3) is 0 Å².